The minimum atomic E-state index is 0.144. The molecule has 0 bridgehead atoms. The molecule has 0 aliphatic carbocycles. The second-order valence-corrected chi connectivity index (χ2v) is 6.87. The number of carbonyl (C=O) groups is 1. The maximum atomic E-state index is 11.2. The molecule has 0 aliphatic rings. The van der Waals surface area contributed by atoms with E-state index < -0.39 is 0 Å². The van der Waals surface area contributed by atoms with Gasteiger partial charge in [-0.3, -0.25) is 4.79 Å². The van der Waals surface area contributed by atoms with Crippen LogP contribution in [-0.4, -0.2) is 22.0 Å². The van der Waals surface area contributed by atoms with E-state index in [2.05, 4.69) is 48.0 Å². The first-order valence-corrected chi connectivity index (χ1v) is 9.32. The van der Waals surface area contributed by atoms with E-state index in [1.165, 1.54) is 17.8 Å². The van der Waals surface area contributed by atoms with Crippen LogP contribution >= 0.6 is 0 Å². The van der Waals surface area contributed by atoms with Crippen molar-refractivity contribution in [2.75, 3.05) is 6.54 Å². The van der Waals surface area contributed by atoms with Gasteiger partial charge in [0.2, 0.25) is 5.91 Å². The lowest BCUT2D eigenvalue weighted by Gasteiger charge is -2.11. The average molecular weight is 329 g/mol. The maximum Gasteiger partial charge on any atom is 0.219 e. The number of hydrogen-bond donors (Lipinski definition) is 1. The first kappa shape index (κ1) is 18.5. The van der Waals surface area contributed by atoms with Gasteiger partial charge in [-0.15, -0.1) is 0 Å². The molecule has 1 aromatic carbocycles. The lowest BCUT2D eigenvalue weighted by Crippen LogP contribution is -2.23. The average Bonchev–Trinajstić information content (AvgIpc) is 2.93. The molecule has 0 saturated carbocycles. The van der Waals surface area contributed by atoms with E-state index in [0.29, 0.717) is 12.3 Å². The number of nitrogens with one attached hydrogen (secondary N) is 1. The molecule has 0 radical (unpaired) electrons. The lowest BCUT2D eigenvalue weighted by molar-refractivity contribution is -0.120. The van der Waals surface area contributed by atoms with Crippen LogP contribution in [0.25, 0.3) is 11.0 Å². The van der Waals surface area contributed by atoms with Crippen LogP contribution in [0.1, 0.15) is 58.7 Å². The largest absolute Gasteiger partial charge is 0.356 e. The van der Waals surface area contributed by atoms with Gasteiger partial charge in [-0.25, -0.2) is 4.98 Å². The van der Waals surface area contributed by atoms with Crippen molar-refractivity contribution in [3.63, 3.8) is 0 Å². The Morgan fingerprint density at radius 1 is 1.21 bits per heavy atom. The van der Waals surface area contributed by atoms with Crippen molar-refractivity contribution in [1.29, 1.82) is 0 Å². The van der Waals surface area contributed by atoms with Crippen molar-refractivity contribution < 1.29 is 4.79 Å². The first-order valence-electron chi connectivity index (χ1n) is 9.32. The fourth-order valence-electron chi connectivity index (χ4n) is 2.89. The molecule has 0 atom stereocenters. The third-order valence-corrected chi connectivity index (χ3v) is 4.38. The van der Waals surface area contributed by atoms with Gasteiger partial charge in [0.1, 0.15) is 5.82 Å². The number of unbranched alkanes of at least 4 members (excludes halogenated alkanes) is 2. The highest BCUT2D eigenvalue weighted by molar-refractivity contribution is 5.76. The Kier molecular flexibility index (Phi) is 7.29. The molecular formula is C20H31N3O. The highest BCUT2D eigenvalue weighted by Gasteiger charge is 2.10. The number of hydrogen-bond acceptors (Lipinski definition) is 2. The molecule has 4 nitrogen and oxygen atoms in total. The standard InChI is InChI=1S/C20H31N3O/c1-4-20(24)21-14-9-5-6-12-19-22-17-10-7-8-11-18(17)23(19)15-13-16(2)3/h7-8,10-11,16H,4-6,9,12-15H2,1-3H3,(H,21,24). The second-order valence-electron chi connectivity index (χ2n) is 6.87. The second kappa shape index (κ2) is 9.45. The number of aromatic nitrogens is 2. The highest BCUT2D eigenvalue weighted by atomic mass is 16.1. The molecule has 2 rings (SSSR count). The zero-order chi connectivity index (χ0) is 17.4. The summed E-state index contributed by atoms with van der Waals surface area (Å²) in [6.07, 6.45) is 6.03. The molecule has 1 amide bonds. The Labute approximate surface area is 145 Å². The molecule has 24 heavy (non-hydrogen) atoms. The van der Waals surface area contributed by atoms with E-state index in [-0.39, 0.29) is 5.91 Å². The molecule has 0 spiro atoms. The van der Waals surface area contributed by atoms with Crippen LogP contribution in [0.3, 0.4) is 0 Å². The third-order valence-electron chi connectivity index (χ3n) is 4.38. The van der Waals surface area contributed by atoms with Crippen molar-refractivity contribution in [2.45, 2.75) is 65.8 Å². The van der Waals surface area contributed by atoms with Gasteiger partial charge in [0, 0.05) is 25.9 Å². The number of aryl methyl sites for hydroxylation is 2. The van der Waals surface area contributed by atoms with Crippen LogP contribution in [0.5, 0.6) is 0 Å². The van der Waals surface area contributed by atoms with Crippen molar-refractivity contribution in [3.05, 3.63) is 30.1 Å². The van der Waals surface area contributed by atoms with Crippen molar-refractivity contribution in [2.24, 2.45) is 5.92 Å². The van der Waals surface area contributed by atoms with Gasteiger partial charge in [0.05, 0.1) is 11.0 Å². The highest BCUT2D eigenvalue weighted by Crippen LogP contribution is 2.19. The van der Waals surface area contributed by atoms with Crippen LogP contribution in [0, 0.1) is 5.92 Å². The molecule has 2 aromatic rings. The summed E-state index contributed by atoms with van der Waals surface area (Å²) >= 11 is 0. The Hall–Kier alpha value is -1.84. The van der Waals surface area contributed by atoms with Gasteiger partial charge in [-0.05, 0) is 37.3 Å². The summed E-state index contributed by atoms with van der Waals surface area (Å²) in [6, 6.07) is 8.43. The summed E-state index contributed by atoms with van der Waals surface area (Å²) in [5.74, 6) is 2.04. The van der Waals surface area contributed by atoms with Crippen LogP contribution < -0.4 is 5.32 Å². The zero-order valence-electron chi connectivity index (χ0n) is 15.3. The van der Waals surface area contributed by atoms with E-state index in [9.17, 15) is 4.79 Å². The monoisotopic (exact) mass is 329 g/mol. The van der Waals surface area contributed by atoms with Crippen molar-refractivity contribution >= 4 is 16.9 Å². The molecular weight excluding hydrogens is 298 g/mol. The fraction of sp³-hybridized carbons (Fsp3) is 0.600. The lowest BCUT2D eigenvalue weighted by atomic mass is 10.1. The number of rotatable bonds is 10. The van der Waals surface area contributed by atoms with Crippen LogP contribution in [0.15, 0.2) is 24.3 Å². The molecule has 132 valence electrons. The minimum Gasteiger partial charge on any atom is -0.356 e. The summed E-state index contributed by atoms with van der Waals surface area (Å²) in [7, 11) is 0. The summed E-state index contributed by atoms with van der Waals surface area (Å²) in [4.78, 5) is 16.1. The maximum absolute atomic E-state index is 11.2. The number of carbonyl (C=O) groups excluding carboxylic acids is 1. The Morgan fingerprint density at radius 3 is 2.75 bits per heavy atom. The molecule has 0 aliphatic heterocycles. The van der Waals surface area contributed by atoms with Gasteiger partial charge in [0.15, 0.2) is 0 Å². The smallest absolute Gasteiger partial charge is 0.219 e. The summed E-state index contributed by atoms with van der Waals surface area (Å²) in [6.45, 7) is 8.25. The molecule has 0 saturated heterocycles. The minimum absolute atomic E-state index is 0.144. The molecule has 1 aromatic heterocycles. The van der Waals surface area contributed by atoms with Crippen LogP contribution in [0.4, 0.5) is 0 Å². The molecule has 1 heterocycles. The van der Waals surface area contributed by atoms with Crippen LogP contribution in [0.2, 0.25) is 0 Å². The quantitative estimate of drug-likeness (QED) is 0.660. The van der Waals surface area contributed by atoms with Gasteiger partial charge >= 0.3 is 0 Å². The molecule has 4 heteroatoms. The predicted molar refractivity (Wildman–Crippen MR) is 100 cm³/mol. The molecule has 1 N–H and O–H groups in total. The summed E-state index contributed by atoms with van der Waals surface area (Å²) in [5.41, 5.74) is 2.36. The SMILES string of the molecule is CCC(=O)NCCCCCc1nc2ccccc2n1CCC(C)C. The molecule has 0 fully saturated rings. The zero-order valence-corrected chi connectivity index (χ0v) is 15.3. The molecule has 0 unspecified atom stereocenters. The van der Waals surface area contributed by atoms with Gasteiger partial charge in [-0.2, -0.15) is 0 Å². The Bertz CT molecular complexity index is 645. The number of fused-ring (bicyclic) bond motifs is 1. The van der Waals surface area contributed by atoms with E-state index in [4.69, 9.17) is 4.98 Å². The number of para-hydroxylation sites is 2. The van der Waals surface area contributed by atoms with E-state index in [1.54, 1.807) is 0 Å². The normalized spacial score (nSPS) is 11.3. The number of nitrogens with zero attached hydrogens (tertiary/aromatic N) is 2. The number of benzene rings is 1. The van der Waals surface area contributed by atoms with E-state index in [1.807, 2.05) is 6.92 Å². The first-order chi connectivity index (χ1) is 11.6. The topological polar surface area (TPSA) is 46.9 Å². The van der Waals surface area contributed by atoms with E-state index in [0.717, 1.165) is 44.3 Å². The van der Waals surface area contributed by atoms with Crippen molar-refractivity contribution in [1.82, 2.24) is 14.9 Å². The fourth-order valence-corrected chi connectivity index (χ4v) is 2.89. The third kappa shape index (κ3) is 5.36. The van der Waals surface area contributed by atoms with Gasteiger partial charge in [0.25, 0.3) is 0 Å². The predicted octanol–water partition coefficient (Wildman–Crippen LogP) is 4.32. The van der Waals surface area contributed by atoms with Gasteiger partial charge < -0.3 is 9.88 Å². The van der Waals surface area contributed by atoms with Crippen LogP contribution in [-0.2, 0) is 17.8 Å². The summed E-state index contributed by atoms with van der Waals surface area (Å²) < 4.78 is 2.40. The summed E-state index contributed by atoms with van der Waals surface area (Å²) in [5, 5.41) is 2.94. The Balaban J connectivity index is 1.90. The number of amides is 1. The van der Waals surface area contributed by atoms with E-state index >= 15 is 0 Å². The Morgan fingerprint density at radius 2 is 2.00 bits per heavy atom. The number of imidazole rings is 1. The van der Waals surface area contributed by atoms with Crippen molar-refractivity contribution in [3.8, 4) is 0 Å². The van der Waals surface area contributed by atoms with Gasteiger partial charge in [-0.1, -0.05) is 39.3 Å².